The molecule has 1 rings (SSSR count). The number of carbonyl (C=O) groups excluding carboxylic acids is 1. The van der Waals surface area contributed by atoms with Crippen LogP contribution in [0.5, 0.6) is 5.75 Å². The molecule has 1 atom stereocenters. The molecular weight excluding hydrogens is 266 g/mol. The molecule has 0 spiro atoms. The summed E-state index contributed by atoms with van der Waals surface area (Å²) in [7, 11) is 2.97. The highest BCUT2D eigenvalue weighted by atomic mass is 35.5. The Morgan fingerprint density at radius 1 is 1.37 bits per heavy atom. The first kappa shape index (κ1) is 15.8. The van der Waals surface area contributed by atoms with E-state index in [1.54, 1.807) is 7.11 Å². The Hall–Kier alpha value is -1.26. The van der Waals surface area contributed by atoms with Gasteiger partial charge in [-0.05, 0) is 23.6 Å². The molecule has 0 heterocycles. The molecule has 0 saturated heterocycles. The molecule has 4 nitrogen and oxygen atoms in total. The minimum absolute atomic E-state index is 0.154. The summed E-state index contributed by atoms with van der Waals surface area (Å²) >= 11 is 6.05. The van der Waals surface area contributed by atoms with Crippen LogP contribution in [-0.2, 0) is 16.1 Å². The summed E-state index contributed by atoms with van der Waals surface area (Å²) in [6.07, 6.45) is 0. The molecule has 0 aromatic heterocycles. The van der Waals surface area contributed by atoms with Crippen molar-refractivity contribution in [1.82, 2.24) is 5.32 Å². The SMILES string of the molecule is COC(=O)[C@@H](NCc1ccc(OC)c(Cl)c1)C(C)C. The van der Waals surface area contributed by atoms with Crippen LogP contribution in [0.3, 0.4) is 0 Å². The molecule has 5 heteroatoms. The maximum absolute atomic E-state index is 11.6. The van der Waals surface area contributed by atoms with Crippen molar-refractivity contribution in [2.75, 3.05) is 14.2 Å². The average molecular weight is 286 g/mol. The molecule has 0 fully saturated rings. The Balaban J connectivity index is 2.69. The quantitative estimate of drug-likeness (QED) is 0.816. The van der Waals surface area contributed by atoms with E-state index in [2.05, 4.69) is 5.32 Å². The summed E-state index contributed by atoms with van der Waals surface area (Å²) in [6.45, 7) is 4.48. The number of hydrogen-bond donors (Lipinski definition) is 1. The van der Waals surface area contributed by atoms with Crippen LogP contribution >= 0.6 is 11.6 Å². The zero-order chi connectivity index (χ0) is 14.4. The van der Waals surface area contributed by atoms with Crippen LogP contribution in [0.1, 0.15) is 19.4 Å². The van der Waals surface area contributed by atoms with Crippen LogP contribution in [0.15, 0.2) is 18.2 Å². The minimum atomic E-state index is -0.328. The Bertz CT molecular complexity index is 435. The minimum Gasteiger partial charge on any atom is -0.495 e. The molecule has 106 valence electrons. The summed E-state index contributed by atoms with van der Waals surface area (Å²) in [5.41, 5.74) is 0.986. The summed E-state index contributed by atoms with van der Waals surface area (Å²) in [5, 5.41) is 3.73. The van der Waals surface area contributed by atoms with Crippen LogP contribution < -0.4 is 10.1 Å². The summed E-state index contributed by atoms with van der Waals surface area (Å²) in [4.78, 5) is 11.6. The highest BCUT2D eigenvalue weighted by molar-refractivity contribution is 6.32. The van der Waals surface area contributed by atoms with Gasteiger partial charge in [0.25, 0.3) is 0 Å². The second-order valence-corrected chi connectivity index (χ2v) is 5.00. The van der Waals surface area contributed by atoms with E-state index in [1.807, 2.05) is 32.0 Å². The van der Waals surface area contributed by atoms with Gasteiger partial charge in [0.15, 0.2) is 0 Å². The van der Waals surface area contributed by atoms with Crippen molar-refractivity contribution >= 4 is 17.6 Å². The number of esters is 1. The van der Waals surface area contributed by atoms with Crippen molar-refractivity contribution in [3.63, 3.8) is 0 Å². The Morgan fingerprint density at radius 2 is 2.05 bits per heavy atom. The van der Waals surface area contributed by atoms with E-state index in [0.29, 0.717) is 17.3 Å². The van der Waals surface area contributed by atoms with Gasteiger partial charge in [0.05, 0.1) is 19.2 Å². The molecular formula is C14H20ClNO3. The monoisotopic (exact) mass is 285 g/mol. The lowest BCUT2D eigenvalue weighted by atomic mass is 10.0. The molecule has 19 heavy (non-hydrogen) atoms. The lowest BCUT2D eigenvalue weighted by Crippen LogP contribution is -2.41. The van der Waals surface area contributed by atoms with Gasteiger partial charge in [-0.3, -0.25) is 4.79 Å². The fraction of sp³-hybridized carbons (Fsp3) is 0.500. The fourth-order valence-electron chi connectivity index (χ4n) is 1.77. The van der Waals surface area contributed by atoms with Gasteiger partial charge in [0.1, 0.15) is 11.8 Å². The Morgan fingerprint density at radius 3 is 2.53 bits per heavy atom. The van der Waals surface area contributed by atoms with E-state index < -0.39 is 0 Å². The number of ether oxygens (including phenoxy) is 2. The fourth-order valence-corrected chi connectivity index (χ4v) is 2.05. The number of benzene rings is 1. The van der Waals surface area contributed by atoms with Crippen LogP contribution in [0.25, 0.3) is 0 Å². The van der Waals surface area contributed by atoms with Gasteiger partial charge >= 0.3 is 5.97 Å². The molecule has 1 aromatic carbocycles. The number of methoxy groups -OCH3 is 2. The summed E-state index contributed by atoms with van der Waals surface area (Å²) < 4.78 is 9.87. The van der Waals surface area contributed by atoms with Gasteiger partial charge in [-0.25, -0.2) is 0 Å². The van der Waals surface area contributed by atoms with Gasteiger partial charge in [0.2, 0.25) is 0 Å². The smallest absolute Gasteiger partial charge is 0.323 e. The lowest BCUT2D eigenvalue weighted by Gasteiger charge is -2.20. The van der Waals surface area contributed by atoms with Crippen molar-refractivity contribution in [3.8, 4) is 5.75 Å². The predicted octanol–water partition coefficient (Wildman–Crippen LogP) is 2.64. The molecule has 0 aliphatic carbocycles. The van der Waals surface area contributed by atoms with Crippen LogP contribution in [-0.4, -0.2) is 26.2 Å². The molecule has 0 amide bonds. The maximum Gasteiger partial charge on any atom is 0.323 e. The predicted molar refractivity (Wildman–Crippen MR) is 75.5 cm³/mol. The zero-order valence-electron chi connectivity index (χ0n) is 11.7. The number of carbonyl (C=O) groups is 1. The van der Waals surface area contributed by atoms with Crippen molar-refractivity contribution in [1.29, 1.82) is 0 Å². The zero-order valence-corrected chi connectivity index (χ0v) is 12.5. The Labute approximate surface area is 119 Å². The number of rotatable bonds is 6. The van der Waals surface area contributed by atoms with E-state index in [-0.39, 0.29) is 17.9 Å². The van der Waals surface area contributed by atoms with Crippen molar-refractivity contribution < 1.29 is 14.3 Å². The first-order valence-electron chi connectivity index (χ1n) is 6.13. The number of nitrogens with one attached hydrogen (secondary N) is 1. The summed E-state index contributed by atoms with van der Waals surface area (Å²) in [6, 6.07) is 5.21. The Kier molecular flexibility index (Phi) is 6.12. The first-order chi connectivity index (χ1) is 8.99. The van der Waals surface area contributed by atoms with Gasteiger partial charge in [-0.2, -0.15) is 0 Å². The van der Waals surface area contributed by atoms with Crippen molar-refractivity contribution in [2.45, 2.75) is 26.4 Å². The molecule has 0 aliphatic heterocycles. The average Bonchev–Trinajstić information content (AvgIpc) is 2.38. The third-order valence-corrected chi connectivity index (χ3v) is 3.16. The van der Waals surface area contributed by atoms with E-state index in [9.17, 15) is 4.79 Å². The van der Waals surface area contributed by atoms with E-state index in [1.165, 1.54) is 7.11 Å². The molecule has 1 aromatic rings. The molecule has 1 N–H and O–H groups in total. The van der Waals surface area contributed by atoms with E-state index in [0.717, 1.165) is 5.56 Å². The third-order valence-electron chi connectivity index (χ3n) is 2.86. The first-order valence-corrected chi connectivity index (χ1v) is 6.51. The second kappa shape index (κ2) is 7.36. The maximum atomic E-state index is 11.6. The largest absolute Gasteiger partial charge is 0.495 e. The van der Waals surface area contributed by atoms with Crippen molar-refractivity contribution in [3.05, 3.63) is 28.8 Å². The topological polar surface area (TPSA) is 47.6 Å². The summed E-state index contributed by atoms with van der Waals surface area (Å²) in [5.74, 6) is 0.537. The third kappa shape index (κ3) is 4.40. The van der Waals surface area contributed by atoms with Gasteiger partial charge in [-0.1, -0.05) is 31.5 Å². The second-order valence-electron chi connectivity index (χ2n) is 4.59. The lowest BCUT2D eigenvalue weighted by molar-refractivity contribution is -0.144. The van der Waals surface area contributed by atoms with Crippen LogP contribution in [0.4, 0.5) is 0 Å². The number of hydrogen-bond acceptors (Lipinski definition) is 4. The molecule has 0 radical (unpaired) electrons. The van der Waals surface area contributed by atoms with Gasteiger partial charge in [-0.15, -0.1) is 0 Å². The van der Waals surface area contributed by atoms with Gasteiger partial charge < -0.3 is 14.8 Å². The molecule has 0 unspecified atom stereocenters. The van der Waals surface area contributed by atoms with Crippen LogP contribution in [0, 0.1) is 5.92 Å². The normalized spacial score (nSPS) is 12.3. The highest BCUT2D eigenvalue weighted by Gasteiger charge is 2.22. The van der Waals surface area contributed by atoms with Crippen molar-refractivity contribution in [2.24, 2.45) is 5.92 Å². The van der Waals surface area contributed by atoms with Crippen LogP contribution in [0.2, 0.25) is 5.02 Å². The van der Waals surface area contributed by atoms with Gasteiger partial charge in [0, 0.05) is 6.54 Å². The molecule has 0 bridgehead atoms. The number of halogens is 1. The van der Waals surface area contributed by atoms with E-state index in [4.69, 9.17) is 21.1 Å². The standard InChI is InChI=1S/C14H20ClNO3/c1-9(2)13(14(17)19-4)16-8-10-5-6-12(18-3)11(15)7-10/h5-7,9,13,16H,8H2,1-4H3/t13-/m0/s1. The highest BCUT2D eigenvalue weighted by Crippen LogP contribution is 2.24. The molecule has 0 aliphatic rings. The van der Waals surface area contributed by atoms with E-state index >= 15 is 0 Å². The molecule has 0 saturated carbocycles.